The van der Waals surface area contributed by atoms with Gasteiger partial charge in [0.1, 0.15) is 0 Å². The third kappa shape index (κ3) is 3.57. The molecule has 0 bridgehead atoms. The number of halogens is 1. The number of aryl methyl sites for hydroxylation is 2. The summed E-state index contributed by atoms with van der Waals surface area (Å²) in [7, 11) is -3.60. The van der Waals surface area contributed by atoms with E-state index in [2.05, 4.69) is 4.72 Å². The predicted molar refractivity (Wildman–Crippen MR) is 87.5 cm³/mol. The van der Waals surface area contributed by atoms with Crippen molar-refractivity contribution in [2.24, 2.45) is 0 Å². The lowest BCUT2D eigenvalue weighted by Crippen LogP contribution is -2.15. The lowest BCUT2D eigenvalue weighted by Gasteiger charge is -2.15. The molecule has 112 valence electrons. The van der Waals surface area contributed by atoms with Crippen LogP contribution in [0.1, 0.15) is 25.0 Å². The monoisotopic (exact) mass is 323 g/mol. The lowest BCUT2D eigenvalue weighted by molar-refractivity contribution is 0.601. The van der Waals surface area contributed by atoms with Crippen LogP contribution in [-0.4, -0.2) is 8.42 Å². The summed E-state index contributed by atoms with van der Waals surface area (Å²) in [6.45, 7) is 4.02. The Morgan fingerprint density at radius 1 is 0.952 bits per heavy atom. The van der Waals surface area contributed by atoms with Crippen molar-refractivity contribution >= 4 is 27.3 Å². The highest BCUT2D eigenvalue weighted by Gasteiger charge is 2.17. The number of rotatable bonds is 5. The molecule has 0 aliphatic rings. The van der Waals surface area contributed by atoms with E-state index in [1.54, 1.807) is 12.1 Å². The first-order chi connectivity index (χ1) is 9.97. The van der Waals surface area contributed by atoms with E-state index in [4.69, 9.17) is 11.6 Å². The molecule has 0 saturated heterocycles. The van der Waals surface area contributed by atoms with Gasteiger partial charge < -0.3 is 0 Å². The lowest BCUT2D eigenvalue weighted by atomic mass is 10.0. The molecule has 21 heavy (non-hydrogen) atoms. The highest BCUT2D eigenvalue weighted by molar-refractivity contribution is 7.92. The van der Waals surface area contributed by atoms with Gasteiger partial charge in [-0.05, 0) is 48.2 Å². The maximum Gasteiger partial charge on any atom is 0.261 e. The molecule has 0 unspecified atom stereocenters. The van der Waals surface area contributed by atoms with Gasteiger partial charge in [0.2, 0.25) is 0 Å². The van der Waals surface area contributed by atoms with Crippen LogP contribution in [-0.2, 0) is 22.9 Å². The van der Waals surface area contributed by atoms with E-state index in [0.717, 1.165) is 24.0 Å². The largest absolute Gasteiger partial charge is 0.279 e. The zero-order valence-electron chi connectivity index (χ0n) is 12.1. The number of para-hydroxylation sites is 1. The van der Waals surface area contributed by atoms with Crippen LogP contribution in [0.5, 0.6) is 0 Å². The van der Waals surface area contributed by atoms with Crippen LogP contribution in [0.25, 0.3) is 0 Å². The summed E-state index contributed by atoms with van der Waals surface area (Å²) in [6, 6.07) is 12.0. The third-order valence-electron chi connectivity index (χ3n) is 3.36. The van der Waals surface area contributed by atoms with Gasteiger partial charge in [0.25, 0.3) is 10.0 Å². The zero-order chi connectivity index (χ0) is 15.5. The zero-order valence-corrected chi connectivity index (χ0v) is 13.6. The van der Waals surface area contributed by atoms with E-state index in [1.807, 2.05) is 32.0 Å². The molecular formula is C16H18ClNO2S. The molecule has 2 aromatic carbocycles. The number of sulfonamides is 1. The Morgan fingerprint density at radius 3 is 1.95 bits per heavy atom. The first kappa shape index (κ1) is 15.9. The molecule has 2 aromatic rings. The molecule has 0 saturated carbocycles. The topological polar surface area (TPSA) is 46.2 Å². The van der Waals surface area contributed by atoms with Gasteiger partial charge in [-0.15, -0.1) is 0 Å². The van der Waals surface area contributed by atoms with Gasteiger partial charge in [0.05, 0.1) is 10.6 Å². The minimum atomic E-state index is -3.60. The fourth-order valence-electron chi connectivity index (χ4n) is 2.18. The van der Waals surface area contributed by atoms with E-state index in [-0.39, 0.29) is 4.90 Å². The fraction of sp³-hybridized carbons (Fsp3) is 0.250. The van der Waals surface area contributed by atoms with Crippen LogP contribution in [0.4, 0.5) is 5.69 Å². The summed E-state index contributed by atoms with van der Waals surface area (Å²) in [5, 5.41) is 0.511. The Morgan fingerprint density at radius 2 is 1.48 bits per heavy atom. The summed E-state index contributed by atoms with van der Waals surface area (Å²) in [5.74, 6) is 0. The highest BCUT2D eigenvalue weighted by Crippen LogP contribution is 2.26. The third-order valence-corrected chi connectivity index (χ3v) is 4.98. The van der Waals surface area contributed by atoms with Gasteiger partial charge in [-0.2, -0.15) is 0 Å². The quantitative estimate of drug-likeness (QED) is 0.893. The Bertz CT molecular complexity index is 702. The van der Waals surface area contributed by atoms with Gasteiger partial charge in [-0.3, -0.25) is 4.72 Å². The SMILES string of the molecule is CCc1cccc(CC)c1NS(=O)(=O)c1ccc(Cl)cc1. The van der Waals surface area contributed by atoms with Gasteiger partial charge in [0.15, 0.2) is 0 Å². The maximum atomic E-state index is 12.5. The second-order valence-corrected chi connectivity index (χ2v) is 6.84. The Hall–Kier alpha value is -1.52. The van der Waals surface area contributed by atoms with Crippen molar-refractivity contribution in [1.29, 1.82) is 0 Å². The standard InChI is InChI=1S/C16H18ClNO2S/c1-3-12-6-5-7-13(4-2)16(12)18-21(19,20)15-10-8-14(17)9-11-15/h5-11,18H,3-4H2,1-2H3. The van der Waals surface area contributed by atoms with Crippen LogP contribution >= 0.6 is 11.6 Å². The van der Waals surface area contributed by atoms with Crippen LogP contribution in [0.2, 0.25) is 5.02 Å². The minimum absolute atomic E-state index is 0.208. The molecule has 0 spiro atoms. The van der Waals surface area contributed by atoms with Crippen LogP contribution < -0.4 is 4.72 Å². The van der Waals surface area contributed by atoms with Crippen LogP contribution in [0.15, 0.2) is 47.4 Å². The van der Waals surface area contributed by atoms with Crippen LogP contribution in [0.3, 0.4) is 0 Å². The van der Waals surface area contributed by atoms with Crippen molar-refractivity contribution in [3.05, 3.63) is 58.6 Å². The van der Waals surface area contributed by atoms with Crippen molar-refractivity contribution in [3.63, 3.8) is 0 Å². The number of hydrogen-bond donors (Lipinski definition) is 1. The Kier molecular flexibility index (Phi) is 4.91. The van der Waals surface area contributed by atoms with E-state index < -0.39 is 10.0 Å². The smallest absolute Gasteiger partial charge is 0.261 e. The Labute approximate surface area is 131 Å². The van der Waals surface area contributed by atoms with Crippen LogP contribution in [0, 0.1) is 0 Å². The van der Waals surface area contributed by atoms with Crippen molar-refractivity contribution < 1.29 is 8.42 Å². The highest BCUT2D eigenvalue weighted by atomic mass is 35.5. The van der Waals surface area contributed by atoms with Crippen molar-refractivity contribution in [2.75, 3.05) is 4.72 Å². The summed E-state index contributed by atoms with van der Waals surface area (Å²) in [5.41, 5.74) is 2.68. The van der Waals surface area contributed by atoms with Gasteiger partial charge in [-0.1, -0.05) is 43.6 Å². The molecule has 0 atom stereocenters. The fourth-order valence-corrected chi connectivity index (χ4v) is 3.45. The second kappa shape index (κ2) is 6.50. The van der Waals surface area contributed by atoms with E-state index in [1.165, 1.54) is 12.1 Å². The molecule has 0 radical (unpaired) electrons. The summed E-state index contributed by atoms with van der Waals surface area (Å²) >= 11 is 5.80. The second-order valence-electron chi connectivity index (χ2n) is 4.72. The van der Waals surface area contributed by atoms with E-state index >= 15 is 0 Å². The normalized spacial score (nSPS) is 11.4. The first-order valence-corrected chi connectivity index (χ1v) is 8.73. The molecule has 0 aliphatic carbocycles. The molecule has 0 amide bonds. The van der Waals surface area contributed by atoms with Crippen molar-refractivity contribution in [1.82, 2.24) is 0 Å². The number of nitrogens with one attached hydrogen (secondary N) is 1. The maximum absolute atomic E-state index is 12.5. The molecule has 0 fully saturated rings. The predicted octanol–water partition coefficient (Wildman–Crippen LogP) is 4.27. The summed E-state index contributed by atoms with van der Waals surface area (Å²) in [4.78, 5) is 0.208. The number of benzene rings is 2. The molecule has 5 heteroatoms. The summed E-state index contributed by atoms with van der Waals surface area (Å²) in [6.07, 6.45) is 1.54. The number of anilines is 1. The van der Waals surface area contributed by atoms with Gasteiger partial charge >= 0.3 is 0 Å². The molecule has 0 aliphatic heterocycles. The molecule has 0 heterocycles. The van der Waals surface area contributed by atoms with Gasteiger partial charge in [0, 0.05) is 5.02 Å². The first-order valence-electron chi connectivity index (χ1n) is 6.87. The van der Waals surface area contributed by atoms with Gasteiger partial charge in [-0.25, -0.2) is 8.42 Å². The molecule has 1 N–H and O–H groups in total. The molecule has 2 rings (SSSR count). The number of hydrogen-bond acceptors (Lipinski definition) is 2. The minimum Gasteiger partial charge on any atom is -0.279 e. The van der Waals surface area contributed by atoms with E-state index in [0.29, 0.717) is 10.7 Å². The Balaban J connectivity index is 2.43. The molecular weight excluding hydrogens is 306 g/mol. The van der Waals surface area contributed by atoms with Crippen molar-refractivity contribution in [3.8, 4) is 0 Å². The van der Waals surface area contributed by atoms with E-state index in [9.17, 15) is 8.42 Å². The summed E-state index contributed by atoms with van der Waals surface area (Å²) < 4.78 is 27.7. The average molecular weight is 324 g/mol. The van der Waals surface area contributed by atoms with Crippen molar-refractivity contribution in [2.45, 2.75) is 31.6 Å². The average Bonchev–Trinajstić information content (AvgIpc) is 2.47. The molecule has 0 aromatic heterocycles. The molecule has 3 nitrogen and oxygen atoms in total.